The number of rotatable bonds is 12. The molecule has 0 radical (unpaired) electrons. The third kappa shape index (κ3) is 14.1. The molecule has 0 aromatic rings. The van der Waals surface area contributed by atoms with E-state index >= 15 is 0 Å². The lowest BCUT2D eigenvalue weighted by molar-refractivity contribution is -0.00522. The molecule has 1 atom stereocenters. The van der Waals surface area contributed by atoms with Gasteiger partial charge in [0.25, 0.3) is 0 Å². The van der Waals surface area contributed by atoms with Gasteiger partial charge in [-0.05, 0) is 27.2 Å². The molecule has 0 rings (SSSR count). The first-order valence-electron chi connectivity index (χ1n) is 7.85. The van der Waals surface area contributed by atoms with Crippen molar-refractivity contribution in [1.82, 2.24) is 5.32 Å². The van der Waals surface area contributed by atoms with Gasteiger partial charge >= 0.3 is 0 Å². The molecular weight excluding hydrogens is 238 g/mol. The van der Waals surface area contributed by atoms with Crippen molar-refractivity contribution in [2.75, 3.05) is 26.9 Å². The van der Waals surface area contributed by atoms with Crippen molar-refractivity contribution in [2.24, 2.45) is 0 Å². The van der Waals surface area contributed by atoms with Gasteiger partial charge in [0.15, 0.2) is 0 Å². The second kappa shape index (κ2) is 11.7. The third-order valence-electron chi connectivity index (χ3n) is 3.06. The summed E-state index contributed by atoms with van der Waals surface area (Å²) in [6.45, 7) is 11.1. The Labute approximate surface area is 120 Å². The lowest BCUT2D eigenvalue weighted by Gasteiger charge is -2.25. The summed E-state index contributed by atoms with van der Waals surface area (Å²) in [6, 6.07) is 0. The van der Waals surface area contributed by atoms with E-state index in [1.165, 1.54) is 38.5 Å². The molecule has 19 heavy (non-hydrogen) atoms. The molecule has 0 aliphatic heterocycles. The van der Waals surface area contributed by atoms with Gasteiger partial charge in [0.1, 0.15) is 0 Å². The lowest BCUT2D eigenvalue weighted by atomic mass is 10.1. The molecule has 0 aliphatic rings. The highest BCUT2D eigenvalue weighted by Gasteiger charge is 2.14. The first-order chi connectivity index (χ1) is 8.99. The van der Waals surface area contributed by atoms with Gasteiger partial charge in [-0.15, -0.1) is 0 Å². The predicted octanol–water partition coefficient (Wildman–Crippen LogP) is 3.77. The molecule has 116 valence electrons. The topological polar surface area (TPSA) is 30.5 Å². The average Bonchev–Trinajstić information content (AvgIpc) is 2.33. The van der Waals surface area contributed by atoms with Crippen LogP contribution in [0.5, 0.6) is 0 Å². The van der Waals surface area contributed by atoms with Crippen molar-refractivity contribution in [2.45, 2.75) is 77.9 Å². The molecule has 1 N–H and O–H groups in total. The van der Waals surface area contributed by atoms with Crippen LogP contribution in [0.15, 0.2) is 0 Å². The Bertz CT molecular complexity index is 190. The molecule has 0 spiro atoms. The van der Waals surface area contributed by atoms with Crippen molar-refractivity contribution < 1.29 is 9.47 Å². The molecule has 3 nitrogen and oxygen atoms in total. The highest BCUT2D eigenvalue weighted by atomic mass is 16.5. The van der Waals surface area contributed by atoms with Crippen LogP contribution >= 0.6 is 0 Å². The standard InChI is InChI=1S/C16H35NO2/c1-6-7-8-9-10-11-12-19-15(14-18-5)13-17-16(2,3)4/h15,17H,6-14H2,1-5H3. The lowest BCUT2D eigenvalue weighted by Crippen LogP contribution is -2.43. The number of unbranched alkanes of at least 4 members (excludes halogenated alkanes) is 5. The molecular formula is C16H35NO2. The second-order valence-electron chi connectivity index (χ2n) is 6.35. The van der Waals surface area contributed by atoms with E-state index in [0.29, 0.717) is 6.61 Å². The van der Waals surface area contributed by atoms with Gasteiger partial charge in [-0.1, -0.05) is 39.0 Å². The molecule has 0 heterocycles. The van der Waals surface area contributed by atoms with Crippen LogP contribution in [0.2, 0.25) is 0 Å². The SMILES string of the molecule is CCCCCCCCOC(CNC(C)(C)C)COC. The second-order valence-corrected chi connectivity index (χ2v) is 6.35. The Morgan fingerprint density at radius 2 is 1.63 bits per heavy atom. The van der Waals surface area contributed by atoms with Gasteiger partial charge < -0.3 is 14.8 Å². The fourth-order valence-electron chi connectivity index (χ4n) is 1.90. The van der Waals surface area contributed by atoms with Gasteiger partial charge in [0, 0.05) is 25.8 Å². The summed E-state index contributed by atoms with van der Waals surface area (Å²) in [5, 5.41) is 3.47. The summed E-state index contributed by atoms with van der Waals surface area (Å²) in [7, 11) is 1.73. The first kappa shape index (κ1) is 18.9. The fourth-order valence-corrected chi connectivity index (χ4v) is 1.90. The molecule has 0 bridgehead atoms. The first-order valence-corrected chi connectivity index (χ1v) is 7.85. The highest BCUT2D eigenvalue weighted by molar-refractivity contribution is 4.73. The normalized spacial score (nSPS) is 13.7. The maximum atomic E-state index is 5.90. The molecule has 0 amide bonds. The zero-order chi connectivity index (χ0) is 14.6. The smallest absolute Gasteiger partial charge is 0.0932 e. The minimum absolute atomic E-state index is 0.134. The van der Waals surface area contributed by atoms with Gasteiger partial charge in [-0.2, -0.15) is 0 Å². The van der Waals surface area contributed by atoms with Crippen molar-refractivity contribution in [3.8, 4) is 0 Å². The molecule has 0 aliphatic carbocycles. The van der Waals surface area contributed by atoms with E-state index in [2.05, 4.69) is 33.0 Å². The van der Waals surface area contributed by atoms with Crippen molar-refractivity contribution in [3.63, 3.8) is 0 Å². The number of methoxy groups -OCH3 is 1. The highest BCUT2D eigenvalue weighted by Crippen LogP contribution is 2.06. The zero-order valence-corrected chi connectivity index (χ0v) is 13.8. The summed E-state index contributed by atoms with van der Waals surface area (Å²) in [5.74, 6) is 0. The predicted molar refractivity (Wildman–Crippen MR) is 82.7 cm³/mol. The minimum atomic E-state index is 0.134. The molecule has 0 aromatic carbocycles. The summed E-state index contributed by atoms with van der Waals surface area (Å²) < 4.78 is 11.1. The van der Waals surface area contributed by atoms with Gasteiger partial charge in [-0.25, -0.2) is 0 Å². The number of hydrogen-bond acceptors (Lipinski definition) is 3. The van der Waals surface area contributed by atoms with Crippen LogP contribution in [0, 0.1) is 0 Å². The van der Waals surface area contributed by atoms with E-state index in [4.69, 9.17) is 9.47 Å². The zero-order valence-electron chi connectivity index (χ0n) is 13.8. The van der Waals surface area contributed by atoms with E-state index < -0.39 is 0 Å². The average molecular weight is 273 g/mol. The maximum Gasteiger partial charge on any atom is 0.0932 e. The van der Waals surface area contributed by atoms with E-state index in [1.807, 2.05) is 0 Å². The van der Waals surface area contributed by atoms with Crippen LogP contribution in [-0.2, 0) is 9.47 Å². The van der Waals surface area contributed by atoms with Gasteiger partial charge in [-0.3, -0.25) is 0 Å². The Morgan fingerprint density at radius 3 is 2.21 bits per heavy atom. The number of nitrogens with one attached hydrogen (secondary N) is 1. The molecule has 0 fully saturated rings. The monoisotopic (exact) mass is 273 g/mol. The quantitative estimate of drug-likeness (QED) is 0.549. The van der Waals surface area contributed by atoms with Crippen LogP contribution in [0.3, 0.4) is 0 Å². The van der Waals surface area contributed by atoms with Crippen LogP contribution in [0.1, 0.15) is 66.2 Å². The van der Waals surface area contributed by atoms with E-state index in [9.17, 15) is 0 Å². The molecule has 1 unspecified atom stereocenters. The van der Waals surface area contributed by atoms with Crippen LogP contribution < -0.4 is 5.32 Å². The van der Waals surface area contributed by atoms with E-state index in [0.717, 1.165) is 13.2 Å². The summed E-state index contributed by atoms with van der Waals surface area (Å²) >= 11 is 0. The summed E-state index contributed by atoms with van der Waals surface area (Å²) in [5.41, 5.74) is 0.134. The largest absolute Gasteiger partial charge is 0.382 e. The van der Waals surface area contributed by atoms with Crippen molar-refractivity contribution >= 4 is 0 Å². The Balaban J connectivity index is 3.59. The third-order valence-corrected chi connectivity index (χ3v) is 3.06. The maximum absolute atomic E-state index is 5.90. The summed E-state index contributed by atoms with van der Waals surface area (Å²) in [6.07, 6.45) is 8.00. The van der Waals surface area contributed by atoms with Gasteiger partial charge in [0.05, 0.1) is 12.7 Å². The van der Waals surface area contributed by atoms with Crippen LogP contribution in [0.25, 0.3) is 0 Å². The van der Waals surface area contributed by atoms with Crippen molar-refractivity contribution in [3.05, 3.63) is 0 Å². The van der Waals surface area contributed by atoms with E-state index in [-0.39, 0.29) is 11.6 Å². The molecule has 0 saturated carbocycles. The summed E-state index contributed by atoms with van der Waals surface area (Å²) in [4.78, 5) is 0. The van der Waals surface area contributed by atoms with Gasteiger partial charge in [0.2, 0.25) is 0 Å². The number of ether oxygens (including phenoxy) is 2. The Morgan fingerprint density at radius 1 is 1.00 bits per heavy atom. The van der Waals surface area contributed by atoms with Crippen LogP contribution in [-0.4, -0.2) is 38.5 Å². The van der Waals surface area contributed by atoms with E-state index in [1.54, 1.807) is 7.11 Å². The molecule has 0 aromatic heterocycles. The van der Waals surface area contributed by atoms with Crippen molar-refractivity contribution in [1.29, 1.82) is 0 Å². The Kier molecular flexibility index (Phi) is 11.6. The minimum Gasteiger partial charge on any atom is -0.382 e. The van der Waals surface area contributed by atoms with Crippen LogP contribution in [0.4, 0.5) is 0 Å². The molecule has 3 heteroatoms. The Hall–Kier alpha value is -0.120. The number of hydrogen-bond donors (Lipinski definition) is 1. The molecule has 0 saturated heterocycles. The fraction of sp³-hybridized carbons (Fsp3) is 1.00.